The molecular formula is C31H25F4N5O4. The minimum Gasteiger partial charge on any atom is -0.442 e. The summed E-state index contributed by atoms with van der Waals surface area (Å²) in [7, 11) is 0. The average Bonchev–Trinajstić information content (AvgIpc) is 3.29. The van der Waals surface area contributed by atoms with Crippen LogP contribution >= 0.6 is 0 Å². The van der Waals surface area contributed by atoms with E-state index in [4.69, 9.17) is 4.74 Å². The first-order chi connectivity index (χ1) is 21.2. The summed E-state index contributed by atoms with van der Waals surface area (Å²) in [5, 5.41) is 10.8. The fourth-order valence-corrected chi connectivity index (χ4v) is 4.34. The van der Waals surface area contributed by atoms with Gasteiger partial charge in [0.1, 0.15) is 11.8 Å². The van der Waals surface area contributed by atoms with Gasteiger partial charge in [0.2, 0.25) is 5.43 Å². The van der Waals surface area contributed by atoms with E-state index in [-0.39, 0.29) is 29.0 Å². The molecular weight excluding hydrogens is 582 g/mol. The number of benzene rings is 3. The van der Waals surface area contributed by atoms with Gasteiger partial charge in [0, 0.05) is 34.9 Å². The number of carbonyl (C=O) groups is 2. The second-order valence-corrected chi connectivity index (χ2v) is 9.66. The zero-order valence-corrected chi connectivity index (χ0v) is 22.8. The third kappa shape index (κ3) is 7.24. The van der Waals surface area contributed by atoms with Gasteiger partial charge in [0.05, 0.1) is 24.5 Å². The van der Waals surface area contributed by atoms with Crippen molar-refractivity contribution < 1.29 is 31.9 Å². The highest BCUT2D eigenvalue weighted by Crippen LogP contribution is 2.31. The highest BCUT2D eigenvalue weighted by Gasteiger charge is 2.34. The van der Waals surface area contributed by atoms with Crippen LogP contribution in [0.2, 0.25) is 0 Å². The van der Waals surface area contributed by atoms with Gasteiger partial charge in [0.15, 0.2) is 11.6 Å². The molecule has 0 unspecified atom stereocenters. The Kier molecular flexibility index (Phi) is 8.93. The largest absolute Gasteiger partial charge is 0.442 e. The van der Waals surface area contributed by atoms with Crippen molar-refractivity contribution in [3.05, 3.63) is 113 Å². The van der Waals surface area contributed by atoms with Crippen LogP contribution in [0.3, 0.4) is 0 Å². The lowest BCUT2D eigenvalue weighted by molar-refractivity contribution is -0.132. The van der Waals surface area contributed by atoms with Gasteiger partial charge in [-0.05, 0) is 60.7 Å². The number of nitrogens with zero attached hydrogens (tertiary/aromatic N) is 1. The molecule has 0 spiro atoms. The van der Waals surface area contributed by atoms with Crippen molar-refractivity contribution in [2.75, 3.05) is 33.9 Å². The van der Waals surface area contributed by atoms with Gasteiger partial charge in [-0.25, -0.2) is 13.6 Å². The molecule has 0 radical (unpaired) electrons. The molecule has 9 nitrogen and oxygen atoms in total. The van der Waals surface area contributed by atoms with E-state index >= 15 is 8.78 Å². The van der Waals surface area contributed by atoms with E-state index in [1.165, 1.54) is 24.3 Å². The molecule has 1 aliphatic heterocycles. The molecule has 1 heterocycles. The van der Waals surface area contributed by atoms with E-state index in [1.54, 1.807) is 12.1 Å². The number of halogens is 4. The molecule has 13 heteroatoms. The number of amides is 2. The molecule has 1 aliphatic rings. The number of para-hydroxylation sites is 1. The smallest absolute Gasteiger partial charge is 0.414 e. The van der Waals surface area contributed by atoms with Crippen LogP contribution in [-0.2, 0) is 9.53 Å². The van der Waals surface area contributed by atoms with Crippen molar-refractivity contribution in [1.29, 1.82) is 0 Å². The fraction of sp³-hybridized carbons (Fsp3) is 0.129. The summed E-state index contributed by atoms with van der Waals surface area (Å²) >= 11 is 0. The number of hydrogen-bond acceptors (Lipinski definition) is 7. The zero-order valence-electron chi connectivity index (χ0n) is 22.8. The third-order valence-corrected chi connectivity index (χ3v) is 6.52. The molecule has 0 aliphatic carbocycles. The van der Waals surface area contributed by atoms with Gasteiger partial charge in [-0.1, -0.05) is 18.2 Å². The van der Waals surface area contributed by atoms with E-state index in [9.17, 15) is 23.2 Å². The Labute approximate surface area is 248 Å². The quantitative estimate of drug-likeness (QED) is 0.158. The number of rotatable bonds is 10. The standard InChI is InChI=1S/C31H25F4N5O4/c32-24-14-22(40-17-23(44-31(40)43)16-36-30(42)29(34)35)15-25(33)28(24)39-21-10-12-26(27(41)13-11-21)38-20-8-6-19(7-9-20)37-18-4-2-1-3-5-18/h1-15,23,29,37,39H,16-17H2,(H,36,42)(H,38,41)/t23-/m0/s1. The van der Waals surface area contributed by atoms with Crippen LogP contribution in [0.1, 0.15) is 0 Å². The highest BCUT2D eigenvalue weighted by molar-refractivity contribution is 5.90. The molecule has 0 aromatic heterocycles. The van der Waals surface area contributed by atoms with Crippen LogP contribution in [0.25, 0.3) is 0 Å². The SMILES string of the molecule is O=C(NC[C@H]1CN(c2cc(F)c(Nc3ccc(Nc4ccc(Nc5ccccc5)cc4)c(=O)cc3)c(F)c2)C(=O)O1)C(F)F. The molecule has 0 saturated carbocycles. The lowest BCUT2D eigenvalue weighted by Crippen LogP contribution is -2.37. The minimum atomic E-state index is -3.23. The molecule has 1 fully saturated rings. The Morgan fingerprint density at radius 2 is 1.36 bits per heavy atom. The van der Waals surface area contributed by atoms with Crippen molar-refractivity contribution in [3.63, 3.8) is 0 Å². The van der Waals surface area contributed by atoms with Crippen LogP contribution in [0.4, 0.5) is 62.2 Å². The Bertz CT molecular complexity index is 1700. The monoisotopic (exact) mass is 607 g/mol. The maximum absolute atomic E-state index is 15.0. The van der Waals surface area contributed by atoms with Crippen molar-refractivity contribution in [2.24, 2.45) is 0 Å². The Morgan fingerprint density at radius 1 is 0.795 bits per heavy atom. The summed E-state index contributed by atoms with van der Waals surface area (Å²) in [6.07, 6.45) is -5.19. The number of cyclic esters (lactones) is 1. The van der Waals surface area contributed by atoms with Gasteiger partial charge < -0.3 is 26.0 Å². The fourth-order valence-electron chi connectivity index (χ4n) is 4.34. The summed E-state index contributed by atoms with van der Waals surface area (Å²) in [4.78, 5) is 36.9. The molecule has 226 valence electrons. The third-order valence-electron chi connectivity index (χ3n) is 6.52. The second-order valence-electron chi connectivity index (χ2n) is 9.66. The van der Waals surface area contributed by atoms with Crippen molar-refractivity contribution in [3.8, 4) is 0 Å². The van der Waals surface area contributed by atoms with Gasteiger partial charge in [-0.3, -0.25) is 14.5 Å². The van der Waals surface area contributed by atoms with Gasteiger partial charge >= 0.3 is 12.5 Å². The first kappa shape index (κ1) is 29.9. The first-order valence-corrected chi connectivity index (χ1v) is 13.3. The van der Waals surface area contributed by atoms with Crippen LogP contribution in [-0.4, -0.2) is 37.6 Å². The Hall–Kier alpha value is -5.59. The van der Waals surface area contributed by atoms with Gasteiger partial charge in [0.25, 0.3) is 5.91 Å². The Balaban J connectivity index is 1.25. The summed E-state index contributed by atoms with van der Waals surface area (Å²) < 4.78 is 59.8. The van der Waals surface area contributed by atoms with Crippen molar-refractivity contribution >= 4 is 51.8 Å². The molecule has 2 amide bonds. The van der Waals surface area contributed by atoms with E-state index in [1.807, 2.05) is 47.8 Å². The molecule has 4 N–H and O–H groups in total. The summed E-state index contributed by atoms with van der Waals surface area (Å²) in [6, 6.07) is 24.2. The van der Waals surface area contributed by atoms with Crippen LogP contribution < -0.4 is 31.6 Å². The van der Waals surface area contributed by atoms with E-state index in [2.05, 4.69) is 16.0 Å². The maximum atomic E-state index is 15.0. The number of alkyl halides is 2. The van der Waals surface area contributed by atoms with Crippen molar-refractivity contribution in [1.82, 2.24) is 5.32 Å². The number of nitrogens with one attached hydrogen (secondary N) is 4. The molecule has 0 bridgehead atoms. The first-order valence-electron chi connectivity index (χ1n) is 13.3. The predicted octanol–water partition coefficient (Wildman–Crippen LogP) is 6.26. The average molecular weight is 608 g/mol. The highest BCUT2D eigenvalue weighted by atomic mass is 19.3. The summed E-state index contributed by atoms with van der Waals surface area (Å²) in [6.45, 7) is -0.618. The van der Waals surface area contributed by atoms with E-state index in [0.717, 1.165) is 28.4 Å². The lowest BCUT2D eigenvalue weighted by atomic mass is 10.2. The molecule has 4 aromatic carbocycles. The predicted molar refractivity (Wildman–Crippen MR) is 158 cm³/mol. The Morgan fingerprint density at radius 3 is 2.02 bits per heavy atom. The molecule has 4 aromatic rings. The number of carbonyl (C=O) groups excluding carboxylic acids is 2. The number of ether oxygens (including phenoxy) is 1. The molecule has 44 heavy (non-hydrogen) atoms. The summed E-state index contributed by atoms with van der Waals surface area (Å²) in [5.41, 5.74) is 1.79. The van der Waals surface area contributed by atoms with Crippen LogP contribution in [0.15, 0.2) is 95.8 Å². The topological polar surface area (TPSA) is 112 Å². The lowest BCUT2D eigenvalue weighted by Gasteiger charge is -2.16. The normalized spacial score (nSPS) is 14.2. The van der Waals surface area contributed by atoms with E-state index in [0.29, 0.717) is 5.69 Å². The summed E-state index contributed by atoms with van der Waals surface area (Å²) in [5.74, 6) is -3.61. The second kappa shape index (κ2) is 13.2. The number of anilines is 7. The van der Waals surface area contributed by atoms with Gasteiger partial charge in [-0.2, -0.15) is 8.78 Å². The van der Waals surface area contributed by atoms with Crippen LogP contribution in [0.5, 0.6) is 0 Å². The molecule has 1 atom stereocenters. The molecule has 5 rings (SSSR count). The number of hydrogen-bond donors (Lipinski definition) is 4. The zero-order chi connectivity index (χ0) is 31.2. The van der Waals surface area contributed by atoms with E-state index < -0.39 is 48.4 Å². The van der Waals surface area contributed by atoms with Crippen LogP contribution in [0, 0.1) is 11.6 Å². The molecule has 1 saturated heterocycles. The minimum absolute atomic E-state index is 0.171. The maximum Gasteiger partial charge on any atom is 0.414 e. The van der Waals surface area contributed by atoms with Crippen molar-refractivity contribution in [2.45, 2.75) is 12.5 Å². The van der Waals surface area contributed by atoms with Gasteiger partial charge in [-0.15, -0.1) is 0 Å².